The van der Waals surface area contributed by atoms with Gasteiger partial charge in [-0.2, -0.15) is 13.2 Å². The average molecular weight is 394 g/mol. The van der Waals surface area contributed by atoms with Gasteiger partial charge >= 0.3 is 12.1 Å². The second-order valence-electron chi connectivity index (χ2n) is 5.77. The third kappa shape index (κ3) is 6.11. The van der Waals surface area contributed by atoms with Crippen molar-refractivity contribution in [3.63, 3.8) is 0 Å². The van der Waals surface area contributed by atoms with Crippen molar-refractivity contribution in [2.75, 3.05) is 11.9 Å². The van der Waals surface area contributed by atoms with Crippen LogP contribution < -0.4 is 10.6 Å². The van der Waals surface area contributed by atoms with Crippen molar-refractivity contribution < 1.29 is 32.3 Å². The first-order chi connectivity index (χ1) is 13.2. The third-order valence-corrected chi connectivity index (χ3v) is 3.57. The van der Waals surface area contributed by atoms with Crippen molar-refractivity contribution in [1.82, 2.24) is 5.32 Å². The highest BCUT2D eigenvalue weighted by molar-refractivity contribution is 5.96. The quantitative estimate of drug-likeness (QED) is 0.738. The topological polar surface area (TPSA) is 84.5 Å². The number of hydrogen-bond acceptors (Lipinski definition) is 4. The van der Waals surface area contributed by atoms with Gasteiger partial charge in [-0.15, -0.1) is 0 Å². The molecule has 0 atom stereocenters. The fourth-order valence-corrected chi connectivity index (χ4v) is 2.23. The first kappa shape index (κ1) is 20.9. The Morgan fingerprint density at radius 3 is 2.25 bits per heavy atom. The van der Waals surface area contributed by atoms with Crippen LogP contribution in [0.2, 0.25) is 0 Å². The zero-order chi connectivity index (χ0) is 20.7. The molecule has 0 saturated heterocycles. The standard InChI is InChI=1S/C19H17F3N2O4/c1-12(25)23-10-13-6-8-14(9-7-13)18(27)28-11-17(26)24-16-5-3-2-4-15(16)19(20,21)22/h2-9H,10-11H2,1H3,(H,23,25)(H,24,26). The number of hydrogen-bond donors (Lipinski definition) is 2. The number of amides is 2. The second kappa shape index (κ2) is 9.03. The van der Waals surface area contributed by atoms with E-state index in [2.05, 4.69) is 10.6 Å². The number of rotatable bonds is 6. The maximum Gasteiger partial charge on any atom is 0.418 e. The molecule has 0 aliphatic carbocycles. The van der Waals surface area contributed by atoms with Crippen LogP contribution in [0.3, 0.4) is 0 Å². The number of anilines is 1. The van der Waals surface area contributed by atoms with Gasteiger partial charge in [0.25, 0.3) is 5.91 Å². The van der Waals surface area contributed by atoms with Crippen LogP contribution in [0, 0.1) is 0 Å². The van der Waals surface area contributed by atoms with Gasteiger partial charge < -0.3 is 15.4 Å². The molecule has 0 radical (unpaired) electrons. The molecule has 0 aliphatic heterocycles. The summed E-state index contributed by atoms with van der Waals surface area (Å²) in [5.74, 6) is -1.89. The fraction of sp³-hybridized carbons (Fsp3) is 0.211. The van der Waals surface area contributed by atoms with Crippen LogP contribution in [-0.2, 0) is 27.0 Å². The summed E-state index contributed by atoms with van der Waals surface area (Å²) in [6.45, 7) is 0.939. The lowest BCUT2D eigenvalue weighted by Gasteiger charge is -2.13. The number of benzene rings is 2. The van der Waals surface area contributed by atoms with Gasteiger partial charge in [-0.1, -0.05) is 24.3 Å². The van der Waals surface area contributed by atoms with Crippen molar-refractivity contribution in [3.05, 3.63) is 65.2 Å². The van der Waals surface area contributed by atoms with Crippen molar-refractivity contribution in [3.8, 4) is 0 Å². The van der Waals surface area contributed by atoms with E-state index < -0.39 is 35.9 Å². The SMILES string of the molecule is CC(=O)NCc1ccc(C(=O)OCC(=O)Nc2ccccc2C(F)(F)F)cc1. The lowest BCUT2D eigenvalue weighted by molar-refractivity contribution is -0.137. The van der Waals surface area contributed by atoms with Crippen LogP contribution in [0.15, 0.2) is 48.5 Å². The normalized spacial score (nSPS) is 10.9. The van der Waals surface area contributed by atoms with Crippen LogP contribution in [0.4, 0.5) is 18.9 Å². The van der Waals surface area contributed by atoms with E-state index in [0.717, 1.165) is 17.7 Å². The highest BCUT2D eigenvalue weighted by atomic mass is 19.4. The number of halogens is 3. The molecule has 0 aliphatic rings. The Kier molecular flexibility index (Phi) is 6.75. The Balaban J connectivity index is 1.91. The second-order valence-corrected chi connectivity index (χ2v) is 5.77. The number of alkyl halides is 3. The molecule has 0 bridgehead atoms. The van der Waals surface area contributed by atoms with E-state index in [-0.39, 0.29) is 11.5 Å². The number of carbonyl (C=O) groups is 3. The molecule has 0 aromatic heterocycles. The van der Waals surface area contributed by atoms with Crippen LogP contribution in [0.1, 0.15) is 28.4 Å². The van der Waals surface area contributed by atoms with Gasteiger partial charge in [-0.05, 0) is 29.8 Å². The number of para-hydroxylation sites is 1. The predicted octanol–water partition coefficient (Wildman–Crippen LogP) is 3.14. The van der Waals surface area contributed by atoms with E-state index in [4.69, 9.17) is 4.74 Å². The molecule has 2 amide bonds. The zero-order valence-electron chi connectivity index (χ0n) is 14.8. The summed E-state index contributed by atoms with van der Waals surface area (Å²) in [6, 6.07) is 10.6. The Labute approximate surface area is 158 Å². The lowest BCUT2D eigenvalue weighted by atomic mass is 10.1. The van der Waals surface area contributed by atoms with E-state index in [1.54, 1.807) is 12.1 Å². The van der Waals surface area contributed by atoms with Crippen molar-refractivity contribution >= 4 is 23.5 Å². The van der Waals surface area contributed by atoms with Gasteiger partial charge in [0.1, 0.15) is 0 Å². The molecule has 0 unspecified atom stereocenters. The van der Waals surface area contributed by atoms with Crippen molar-refractivity contribution in [2.24, 2.45) is 0 Å². The van der Waals surface area contributed by atoms with Gasteiger partial charge in [0.2, 0.25) is 5.91 Å². The Morgan fingerprint density at radius 2 is 1.64 bits per heavy atom. The van der Waals surface area contributed by atoms with Gasteiger partial charge in [0.05, 0.1) is 16.8 Å². The van der Waals surface area contributed by atoms with Crippen molar-refractivity contribution in [2.45, 2.75) is 19.6 Å². The number of carbonyl (C=O) groups excluding carboxylic acids is 3. The summed E-state index contributed by atoms with van der Waals surface area (Å²) in [4.78, 5) is 34.7. The summed E-state index contributed by atoms with van der Waals surface area (Å²) in [6.07, 6.45) is -4.63. The fourth-order valence-electron chi connectivity index (χ4n) is 2.23. The zero-order valence-corrected chi connectivity index (χ0v) is 14.8. The van der Waals surface area contributed by atoms with E-state index in [1.807, 2.05) is 0 Å². The summed E-state index contributed by atoms with van der Waals surface area (Å²) in [5.41, 5.74) is -0.494. The molecule has 2 N–H and O–H groups in total. The van der Waals surface area contributed by atoms with Gasteiger partial charge in [0.15, 0.2) is 6.61 Å². The van der Waals surface area contributed by atoms with Crippen LogP contribution >= 0.6 is 0 Å². The summed E-state index contributed by atoms with van der Waals surface area (Å²) in [7, 11) is 0. The Bertz CT molecular complexity index is 864. The molecule has 2 rings (SSSR count). The molecule has 0 saturated carbocycles. The first-order valence-electron chi connectivity index (χ1n) is 8.13. The molecule has 28 heavy (non-hydrogen) atoms. The molecule has 148 valence electrons. The Hall–Kier alpha value is -3.36. The molecule has 0 spiro atoms. The molecule has 9 heteroatoms. The van der Waals surface area contributed by atoms with Gasteiger partial charge in [-0.3, -0.25) is 9.59 Å². The van der Waals surface area contributed by atoms with E-state index in [0.29, 0.717) is 6.54 Å². The number of nitrogens with one attached hydrogen (secondary N) is 2. The molecule has 0 fully saturated rings. The molecular formula is C19H17F3N2O4. The summed E-state index contributed by atoms with van der Waals surface area (Å²) in [5, 5.41) is 4.68. The Morgan fingerprint density at radius 1 is 1.00 bits per heavy atom. The van der Waals surface area contributed by atoms with Crippen LogP contribution in [0.5, 0.6) is 0 Å². The molecule has 0 heterocycles. The molecular weight excluding hydrogens is 377 g/mol. The average Bonchev–Trinajstić information content (AvgIpc) is 2.64. The largest absolute Gasteiger partial charge is 0.452 e. The molecule has 2 aromatic carbocycles. The smallest absolute Gasteiger partial charge is 0.418 e. The van der Waals surface area contributed by atoms with E-state index in [1.165, 1.54) is 31.2 Å². The van der Waals surface area contributed by atoms with Crippen molar-refractivity contribution in [1.29, 1.82) is 0 Å². The van der Waals surface area contributed by atoms with Gasteiger partial charge in [0, 0.05) is 13.5 Å². The monoisotopic (exact) mass is 394 g/mol. The minimum Gasteiger partial charge on any atom is -0.452 e. The minimum atomic E-state index is -4.63. The third-order valence-electron chi connectivity index (χ3n) is 3.57. The molecule has 6 nitrogen and oxygen atoms in total. The maximum absolute atomic E-state index is 12.9. The predicted molar refractivity (Wildman–Crippen MR) is 94.3 cm³/mol. The highest BCUT2D eigenvalue weighted by Crippen LogP contribution is 2.34. The molecule has 2 aromatic rings. The van der Waals surface area contributed by atoms with E-state index in [9.17, 15) is 27.6 Å². The minimum absolute atomic E-state index is 0.162. The van der Waals surface area contributed by atoms with Crippen LogP contribution in [-0.4, -0.2) is 24.4 Å². The first-order valence-corrected chi connectivity index (χ1v) is 8.13. The van der Waals surface area contributed by atoms with Crippen LogP contribution in [0.25, 0.3) is 0 Å². The lowest BCUT2D eigenvalue weighted by Crippen LogP contribution is -2.22. The maximum atomic E-state index is 12.9. The van der Waals surface area contributed by atoms with E-state index >= 15 is 0 Å². The summed E-state index contributed by atoms with van der Waals surface area (Å²) >= 11 is 0. The van der Waals surface area contributed by atoms with Gasteiger partial charge in [-0.25, -0.2) is 4.79 Å². The number of ether oxygens (including phenoxy) is 1. The summed E-state index contributed by atoms with van der Waals surface area (Å²) < 4.78 is 43.5. The number of esters is 1. The highest BCUT2D eigenvalue weighted by Gasteiger charge is 2.33.